The van der Waals surface area contributed by atoms with Crippen molar-refractivity contribution < 1.29 is 15.0 Å². The first-order chi connectivity index (χ1) is 10.5. The molecule has 1 aliphatic heterocycles. The van der Waals surface area contributed by atoms with Gasteiger partial charge in [-0.15, -0.1) is 0 Å². The molecule has 6 heteroatoms. The summed E-state index contributed by atoms with van der Waals surface area (Å²) in [5.41, 5.74) is 3.26. The molecular formula is C16H25N3O3. The number of hydrogen-bond donors (Lipinski definition) is 3. The largest absolute Gasteiger partial charge is 0.394 e. The molecule has 1 aromatic rings. The Morgan fingerprint density at radius 1 is 1.32 bits per heavy atom. The van der Waals surface area contributed by atoms with E-state index in [4.69, 9.17) is 5.11 Å². The smallest absolute Gasteiger partial charge is 0.219 e. The summed E-state index contributed by atoms with van der Waals surface area (Å²) in [7, 11) is 0. The van der Waals surface area contributed by atoms with Gasteiger partial charge in [-0.3, -0.25) is 4.79 Å². The first-order valence-electron chi connectivity index (χ1n) is 7.65. The van der Waals surface area contributed by atoms with Gasteiger partial charge in [0.25, 0.3) is 0 Å². The summed E-state index contributed by atoms with van der Waals surface area (Å²) in [6.45, 7) is 6.96. The molecule has 22 heavy (non-hydrogen) atoms. The molecule has 1 saturated heterocycles. The molecule has 2 rings (SSSR count). The van der Waals surface area contributed by atoms with E-state index in [2.05, 4.69) is 23.2 Å². The molecule has 0 radical (unpaired) electrons. The second-order valence-corrected chi connectivity index (χ2v) is 5.71. The average Bonchev–Trinajstić information content (AvgIpc) is 2.52. The molecule has 0 bridgehead atoms. The van der Waals surface area contributed by atoms with Gasteiger partial charge in [0.2, 0.25) is 5.91 Å². The molecule has 0 spiro atoms. The van der Waals surface area contributed by atoms with Crippen LogP contribution in [0.5, 0.6) is 0 Å². The van der Waals surface area contributed by atoms with Crippen LogP contribution < -0.4 is 10.2 Å². The molecule has 122 valence electrons. The summed E-state index contributed by atoms with van der Waals surface area (Å²) in [5.74, 6) is 0.137. The van der Waals surface area contributed by atoms with Gasteiger partial charge in [-0.05, 0) is 30.7 Å². The van der Waals surface area contributed by atoms with Gasteiger partial charge in [-0.2, -0.15) is 0 Å². The molecule has 1 fully saturated rings. The molecule has 1 aromatic carbocycles. The van der Waals surface area contributed by atoms with E-state index in [0.29, 0.717) is 6.54 Å². The number of hydrogen-bond acceptors (Lipinski definition) is 5. The molecule has 1 heterocycles. The van der Waals surface area contributed by atoms with Crippen LogP contribution in [0.1, 0.15) is 12.5 Å². The van der Waals surface area contributed by atoms with E-state index in [1.807, 2.05) is 17.0 Å². The summed E-state index contributed by atoms with van der Waals surface area (Å²) in [6.07, 6.45) is -0.750. The Balaban J connectivity index is 1.97. The van der Waals surface area contributed by atoms with Crippen molar-refractivity contribution >= 4 is 17.3 Å². The third kappa shape index (κ3) is 4.11. The van der Waals surface area contributed by atoms with Crippen LogP contribution in [-0.4, -0.2) is 66.5 Å². The van der Waals surface area contributed by atoms with Crippen LogP contribution in [0.3, 0.4) is 0 Å². The highest BCUT2D eigenvalue weighted by Gasteiger charge is 2.19. The fourth-order valence-corrected chi connectivity index (χ4v) is 2.68. The summed E-state index contributed by atoms with van der Waals surface area (Å²) in [6, 6.07) is 6.08. The summed E-state index contributed by atoms with van der Waals surface area (Å²) in [4.78, 5) is 15.5. The number of nitrogens with one attached hydrogen (secondary N) is 1. The van der Waals surface area contributed by atoms with Gasteiger partial charge in [-0.25, -0.2) is 0 Å². The summed E-state index contributed by atoms with van der Waals surface area (Å²) >= 11 is 0. The van der Waals surface area contributed by atoms with Crippen molar-refractivity contribution in [2.45, 2.75) is 20.0 Å². The van der Waals surface area contributed by atoms with Gasteiger partial charge in [0.05, 0.1) is 12.7 Å². The topological polar surface area (TPSA) is 76.0 Å². The maximum Gasteiger partial charge on any atom is 0.219 e. The fourth-order valence-electron chi connectivity index (χ4n) is 2.68. The van der Waals surface area contributed by atoms with Crippen LogP contribution in [0.25, 0.3) is 0 Å². The predicted molar refractivity (Wildman–Crippen MR) is 87.2 cm³/mol. The van der Waals surface area contributed by atoms with Gasteiger partial charge >= 0.3 is 0 Å². The van der Waals surface area contributed by atoms with E-state index in [1.165, 1.54) is 5.69 Å². The van der Waals surface area contributed by atoms with Crippen molar-refractivity contribution in [1.82, 2.24) is 4.90 Å². The molecule has 1 amide bonds. The van der Waals surface area contributed by atoms with E-state index in [0.717, 1.165) is 37.4 Å². The second-order valence-electron chi connectivity index (χ2n) is 5.71. The van der Waals surface area contributed by atoms with E-state index >= 15 is 0 Å². The highest BCUT2D eigenvalue weighted by Crippen LogP contribution is 2.24. The Morgan fingerprint density at radius 3 is 2.55 bits per heavy atom. The van der Waals surface area contributed by atoms with Crippen LogP contribution in [0.2, 0.25) is 0 Å². The zero-order valence-electron chi connectivity index (χ0n) is 13.2. The molecular weight excluding hydrogens is 282 g/mol. The van der Waals surface area contributed by atoms with Crippen molar-refractivity contribution in [3.8, 4) is 0 Å². The van der Waals surface area contributed by atoms with Gasteiger partial charge in [0.15, 0.2) is 0 Å². The Morgan fingerprint density at radius 2 is 2.00 bits per heavy atom. The zero-order valence-corrected chi connectivity index (χ0v) is 13.2. The molecule has 6 nitrogen and oxygen atoms in total. The fraction of sp³-hybridized carbons (Fsp3) is 0.562. The zero-order chi connectivity index (χ0) is 16.1. The Labute approximate surface area is 131 Å². The number of amides is 1. The van der Waals surface area contributed by atoms with E-state index in [9.17, 15) is 9.90 Å². The molecule has 0 saturated carbocycles. The normalized spacial score (nSPS) is 16.5. The number of aliphatic hydroxyl groups excluding tert-OH is 2. The number of carbonyl (C=O) groups is 1. The highest BCUT2D eigenvalue weighted by atomic mass is 16.3. The molecule has 0 aliphatic carbocycles. The van der Waals surface area contributed by atoms with Gasteiger partial charge < -0.3 is 25.3 Å². The quantitative estimate of drug-likeness (QED) is 0.735. The minimum atomic E-state index is -0.750. The van der Waals surface area contributed by atoms with Crippen LogP contribution in [-0.2, 0) is 4.79 Å². The highest BCUT2D eigenvalue weighted by molar-refractivity contribution is 5.73. The standard InChI is InChI=1S/C16H25N3O3/c1-12-9-14(17-10-15(22)11-20)3-4-16(12)19-7-5-18(6-8-19)13(2)21/h3-4,9,15,17,20,22H,5-8,10-11H2,1-2H3. The van der Waals surface area contributed by atoms with E-state index in [1.54, 1.807) is 6.92 Å². The third-order valence-electron chi connectivity index (χ3n) is 4.02. The number of anilines is 2. The lowest BCUT2D eigenvalue weighted by atomic mass is 10.1. The van der Waals surface area contributed by atoms with Gasteiger partial charge in [0, 0.05) is 51.0 Å². The van der Waals surface area contributed by atoms with Gasteiger partial charge in [0.1, 0.15) is 0 Å². The van der Waals surface area contributed by atoms with Gasteiger partial charge in [-0.1, -0.05) is 0 Å². The lowest BCUT2D eigenvalue weighted by molar-refractivity contribution is -0.129. The van der Waals surface area contributed by atoms with Crippen molar-refractivity contribution in [2.24, 2.45) is 0 Å². The molecule has 1 atom stereocenters. The number of aryl methyl sites for hydroxylation is 1. The minimum Gasteiger partial charge on any atom is -0.394 e. The molecule has 1 unspecified atom stereocenters. The number of benzene rings is 1. The first-order valence-corrected chi connectivity index (χ1v) is 7.65. The third-order valence-corrected chi connectivity index (χ3v) is 4.02. The second kappa shape index (κ2) is 7.47. The van der Waals surface area contributed by atoms with Crippen LogP contribution in [0.4, 0.5) is 11.4 Å². The van der Waals surface area contributed by atoms with Crippen molar-refractivity contribution in [1.29, 1.82) is 0 Å². The Hall–Kier alpha value is -1.79. The lowest BCUT2D eigenvalue weighted by Gasteiger charge is -2.36. The number of rotatable bonds is 5. The SMILES string of the molecule is CC(=O)N1CCN(c2ccc(NCC(O)CO)cc2C)CC1. The van der Waals surface area contributed by atoms with Crippen molar-refractivity contribution in [3.63, 3.8) is 0 Å². The molecule has 3 N–H and O–H groups in total. The lowest BCUT2D eigenvalue weighted by Crippen LogP contribution is -2.48. The van der Waals surface area contributed by atoms with Crippen molar-refractivity contribution in [3.05, 3.63) is 23.8 Å². The van der Waals surface area contributed by atoms with Crippen molar-refractivity contribution in [2.75, 3.05) is 49.5 Å². The molecule has 0 aromatic heterocycles. The van der Waals surface area contributed by atoms with E-state index in [-0.39, 0.29) is 12.5 Å². The molecule has 1 aliphatic rings. The maximum atomic E-state index is 11.4. The number of piperazine rings is 1. The number of carbonyl (C=O) groups excluding carboxylic acids is 1. The van der Waals surface area contributed by atoms with Crippen LogP contribution in [0.15, 0.2) is 18.2 Å². The average molecular weight is 307 g/mol. The van der Waals surface area contributed by atoms with Crippen LogP contribution in [0, 0.1) is 6.92 Å². The van der Waals surface area contributed by atoms with E-state index < -0.39 is 6.10 Å². The predicted octanol–water partition coefficient (Wildman–Crippen LogP) is 0.429. The Bertz CT molecular complexity index is 513. The maximum absolute atomic E-state index is 11.4. The number of nitrogens with zero attached hydrogens (tertiary/aromatic N) is 2. The minimum absolute atomic E-state index is 0.137. The monoisotopic (exact) mass is 307 g/mol. The summed E-state index contributed by atoms with van der Waals surface area (Å²) < 4.78 is 0. The van der Waals surface area contributed by atoms with Crippen LogP contribution >= 0.6 is 0 Å². The summed E-state index contributed by atoms with van der Waals surface area (Å²) in [5, 5.41) is 21.3. The first kappa shape index (κ1) is 16.6. The number of aliphatic hydroxyl groups is 2. The Kier molecular flexibility index (Phi) is 5.63.